The largest absolute Gasteiger partial charge is 0.341 e. The molecule has 2 aromatic rings. The summed E-state index contributed by atoms with van der Waals surface area (Å²) < 4.78 is 0. The van der Waals surface area contributed by atoms with Crippen molar-refractivity contribution in [2.75, 3.05) is 18.8 Å². The van der Waals surface area contributed by atoms with Gasteiger partial charge in [0.05, 0.1) is 22.0 Å². The molecule has 3 rings (SSSR count). The number of carbonyl (C=O) groups is 1. The Balaban J connectivity index is 1.59. The number of fused-ring (bicyclic) bond motifs is 1. The molecule has 3 N–H and O–H groups in total. The molecular weight excluding hydrogens is 308 g/mol. The van der Waals surface area contributed by atoms with Gasteiger partial charge in [0.1, 0.15) is 5.82 Å². The molecule has 0 bridgehead atoms. The van der Waals surface area contributed by atoms with Gasteiger partial charge < -0.3 is 15.6 Å². The first-order chi connectivity index (χ1) is 11.2. The first-order valence-electron chi connectivity index (χ1n) is 8.25. The molecule has 1 aromatic carbocycles. The van der Waals surface area contributed by atoms with Crippen molar-refractivity contribution in [1.29, 1.82) is 0 Å². The normalized spacial score (nSPS) is 19.9. The van der Waals surface area contributed by atoms with Gasteiger partial charge in [-0.05, 0) is 38.3 Å². The monoisotopic (exact) mass is 332 g/mol. The van der Waals surface area contributed by atoms with Crippen molar-refractivity contribution in [3.8, 4) is 0 Å². The molecule has 1 amide bonds. The predicted molar refractivity (Wildman–Crippen MR) is 95.4 cm³/mol. The highest BCUT2D eigenvalue weighted by Crippen LogP contribution is 2.28. The van der Waals surface area contributed by atoms with Gasteiger partial charge in [0.25, 0.3) is 0 Å². The van der Waals surface area contributed by atoms with Gasteiger partial charge in [-0.2, -0.15) is 0 Å². The lowest BCUT2D eigenvalue weighted by molar-refractivity contribution is -0.131. The summed E-state index contributed by atoms with van der Waals surface area (Å²) in [6, 6.07) is 8.22. The third-order valence-electron chi connectivity index (χ3n) is 4.47. The summed E-state index contributed by atoms with van der Waals surface area (Å²) in [4.78, 5) is 22.4. The van der Waals surface area contributed by atoms with E-state index in [1.807, 2.05) is 29.2 Å². The number of carbonyl (C=O) groups excluding carboxylic acids is 1. The Labute approximate surface area is 141 Å². The van der Waals surface area contributed by atoms with Crippen molar-refractivity contribution < 1.29 is 4.79 Å². The number of nitrogens with two attached hydrogens (primary N) is 1. The zero-order chi connectivity index (χ0) is 16.2. The molecule has 2 unspecified atom stereocenters. The number of rotatable bonds is 5. The van der Waals surface area contributed by atoms with Crippen LogP contribution in [0.3, 0.4) is 0 Å². The Bertz CT molecular complexity index is 638. The topological polar surface area (TPSA) is 75.0 Å². The molecule has 5 nitrogen and oxygen atoms in total. The molecular formula is C17H24N4OS. The van der Waals surface area contributed by atoms with Gasteiger partial charge in [-0.15, -0.1) is 11.8 Å². The number of aromatic amines is 1. The van der Waals surface area contributed by atoms with Crippen molar-refractivity contribution in [3.63, 3.8) is 0 Å². The highest BCUT2D eigenvalue weighted by atomic mass is 32.2. The molecule has 0 radical (unpaired) electrons. The number of hydrogen-bond acceptors (Lipinski definition) is 4. The Kier molecular flexibility index (Phi) is 5.23. The van der Waals surface area contributed by atoms with Gasteiger partial charge in [0.15, 0.2) is 0 Å². The summed E-state index contributed by atoms with van der Waals surface area (Å²) >= 11 is 1.63. The van der Waals surface area contributed by atoms with Gasteiger partial charge in [-0.1, -0.05) is 12.1 Å². The number of aromatic nitrogens is 2. The van der Waals surface area contributed by atoms with Crippen LogP contribution in [0.1, 0.15) is 37.3 Å². The maximum Gasteiger partial charge on any atom is 0.232 e. The van der Waals surface area contributed by atoms with Crippen LogP contribution >= 0.6 is 11.8 Å². The van der Waals surface area contributed by atoms with Crippen LogP contribution < -0.4 is 5.73 Å². The zero-order valence-corrected chi connectivity index (χ0v) is 14.3. The summed E-state index contributed by atoms with van der Waals surface area (Å²) in [6.07, 6.45) is 3.30. The summed E-state index contributed by atoms with van der Waals surface area (Å²) in [5.74, 6) is 1.61. The third-order valence-corrected chi connectivity index (χ3v) is 5.61. The number of nitrogens with zero attached hydrogens (tertiary/aromatic N) is 2. The zero-order valence-electron chi connectivity index (χ0n) is 13.5. The van der Waals surface area contributed by atoms with Gasteiger partial charge >= 0.3 is 0 Å². The second-order valence-electron chi connectivity index (χ2n) is 6.06. The van der Waals surface area contributed by atoms with E-state index in [0.717, 1.165) is 36.2 Å². The van der Waals surface area contributed by atoms with E-state index in [1.54, 1.807) is 11.8 Å². The average molecular weight is 332 g/mol. The van der Waals surface area contributed by atoms with E-state index >= 15 is 0 Å². The quantitative estimate of drug-likeness (QED) is 0.883. The molecule has 23 heavy (non-hydrogen) atoms. The van der Waals surface area contributed by atoms with Crippen LogP contribution in [0, 0.1) is 0 Å². The van der Waals surface area contributed by atoms with Crippen LogP contribution in [0.4, 0.5) is 0 Å². The Morgan fingerprint density at radius 3 is 3.09 bits per heavy atom. The van der Waals surface area contributed by atoms with E-state index in [9.17, 15) is 4.79 Å². The standard InChI is InChI=1S/C17H24N4OS/c1-12(17-19-14-7-2-3-8-15(14)20-17)23-11-16(22)21-9-5-4-6-13(21)10-18/h2-3,7-8,12-13H,4-6,9-11,18H2,1H3,(H,19,20). The van der Waals surface area contributed by atoms with E-state index in [4.69, 9.17) is 5.73 Å². The van der Waals surface area contributed by atoms with Crippen LogP contribution in [0.25, 0.3) is 11.0 Å². The molecule has 0 spiro atoms. The second kappa shape index (κ2) is 7.36. The number of H-pyrrole nitrogens is 1. The van der Waals surface area contributed by atoms with Crippen LogP contribution in [0.2, 0.25) is 0 Å². The maximum absolute atomic E-state index is 12.5. The lowest BCUT2D eigenvalue weighted by atomic mass is 10.0. The Hall–Kier alpha value is -1.53. The van der Waals surface area contributed by atoms with Gasteiger partial charge in [0.2, 0.25) is 5.91 Å². The van der Waals surface area contributed by atoms with Crippen molar-refractivity contribution in [2.24, 2.45) is 5.73 Å². The van der Waals surface area contributed by atoms with E-state index in [0.29, 0.717) is 12.3 Å². The number of para-hydroxylation sites is 2. The van der Waals surface area contributed by atoms with Crippen molar-refractivity contribution >= 4 is 28.7 Å². The highest BCUT2D eigenvalue weighted by molar-refractivity contribution is 8.00. The SMILES string of the molecule is CC(SCC(=O)N1CCCCC1CN)c1nc2ccccc2[nH]1. The fourth-order valence-corrected chi connectivity index (χ4v) is 3.93. The Morgan fingerprint density at radius 2 is 2.30 bits per heavy atom. The molecule has 2 atom stereocenters. The molecule has 1 saturated heterocycles. The summed E-state index contributed by atoms with van der Waals surface area (Å²) in [5, 5.41) is 0.160. The van der Waals surface area contributed by atoms with Crippen molar-refractivity contribution in [2.45, 2.75) is 37.5 Å². The molecule has 1 aromatic heterocycles. The van der Waals surface area contributed by atoms with Crippen molar-refractivity contribution in [1.82, 2.24) is 14.9 Å². The van der Waals surface area contributed by atoms with Crippen molar-refractivity contribution in [3.05, 3.63) is 30.1 Å². The minimum Gasteiger partial charge on any atom is -0.341 e. The smallest absolute Gasteiger partial charge is 0.232 e. The lowest BCUT2D eigenvalue weighted by Gasteiger charge is -2.35. The number of benzene rings is 1. The van der Waals surface area contributed by atoms with Gasteiger partial charge in [0, 0.05) is 19.1 Å². The molecule has 2 heterocycles. The van der Waals surface area contributed by atoms with E-state index < -0.39 is 0 Å². The number of piperidine rings is 1. The molecule has 1 fully saturated rings. The van der Waals surface area contributed by atoms with E-state index in [1.165, 1.54) is 6.42 Å². The number of hydrogen-bond donors (Lipinski definition) is 2. The molecule has 0 saturated carbocycles. The predicted octanol–water partition coefficient (Wildman–Crippen LogP) is 2.70. The minimum atomic E-state index is 0.160. The fourth-order valence-electron chi connectivity index (χ4n) is 3.10. The fraction of sp³-hybridized carbons (Fsp3) is 0.529. The molecule has 1 aliphatic rings. The summed E-state index contributed by atoms with van der Waals surface area (Å²) in [7, 11) is 0. The highest BCUT2D eigenvalue weighted by Gasteiger charge is 2.26. The summed E-state index contributed by atoms with van der Waals surface area (Å²) in [5.41, 5.74) is 7.82. The van der Waals surface area contributed by atoms with Crippen LogP contribution in [-0.2, 0) is 4.79 Å². The molecule has 1 aliphatic heterocycles. The maximum atomic E-state index is 12.5. The number of likely N-dealkylation sites (tertiary alicyclic amines) is 1. The molecule has 6 heteroatoms. The minimum absolute atomic E-state index is 0.160. The number of imidazole rings is 1. The second-order valence-corrected chi connectivity index (χ2v) is 7.39. The van der Waals surface area contributed by atoms with Crippen LogP contribution in [0.15, 0.2) is 24.3 Å². The molecule has 0 aliphatic carbocycles. The van der Waals surface area contributed by atoms with Crippen LogP contribution in [-0.4, -0.2) is 45.7 Å². The Morgan fingerprint density at radius 1 is 1.48 bits per heavy atom. The number of nitrogens with one attached hydrogen (secondary N) is 1. The first kappa shape index (κ1) is 16.3. The summed E-state index contributed by atoms with van der Waals surface area (Å²) in [6.45, 7) is 3.50. The molecule has 124 valence electrons. The van der Waals surface area contributed by atoms with Crippen LogP contribution in [0.5, 0.6) is 0 Å². The average Bonchev–Trinajstić information content (AvgIpc) is 3.03. The lowest BCUT2D eigenvalue weighted by Crippen LogP contribution is -2.48. The van der Waals surface area contributed by atoms with E-state index in [-0.39, 0.29) is 17.2 Å². The van der Waals surface area contributed by atoms with Gasteiger partial charge in [-0.3, -0.25) is 4.79 Å². The number of amides is 1. The van der Waals surface area contributed by atoms with E-state index in [2.05, 4.69) is 16.9 Å². The van der Waals surface area contributed by atoms with Gasteiger partial charge in [-0.25, -0.2) is 4.98 Å². The third kappa shape index (κ3) is 3.70. The number of thioether (sulfide) groups is 1. The first-order valence-corrected chi connectivity index (χ1v) is 9.29.